The molecule has 14 heteroatoms. The lowest BCUT2D eigenvalue weighted by Gasteiger charge is -2.30. The lowest BCUT2D eigenvalue weighted by Crippen LogP contribution is -2.36. The van der Waals surface area contributed by atoms with Crippen LogP contribution >= 0.6 is 11.3 Å². The van der Waals surface area contributed by atoms with Crippen LogP contribution in [0.4, 0.5) is 28.5 Å². The van der Waals surface area contributed by atoms with E-state index in [2.05, 4.69) is 32.1 Å². The van der Waals surface area contributed by atoms with Crippen LogP contribution < -0.4 is 10.2 Å². The SMILES string of the molecule is CC1CCCN1Cc1sc(NC(=O)c2cnc(N3CCC(C(=O)O)CC3)cn2)nc1-c1ccc(F)c(C(F)(F)F)c1. The predicted molar refractivity (Wildman–Crippen MR) is 144 cm³/mol. The molecule has 9 nitrogen and oxygen atoms in total. The number of alkyl halides is 3. The third kappa shape index (κ3) is 6.48. The maximum absolute atomic E-state index is 14.0. The van der Waals surface area contributed by atoms with Crippen molar-refractivity contribution in [2.45, 2.75) is 51.4 Å². The van der Waals surface area contributed by atoms with Gasteiger partial charge in [0.05, 0.1) is 29.6 Å². The first-order valence-corrected chi connectivity index (χ1v) is 14.0. The van der Waals surface area contributed by atoms with E-state index < -0.39 is 29.4 Å². The Morgan fingerprint density at radius 1 is 1.12 bits per heavy atom. The van der Waals surface area contributed by atoms with Crippen LogP contribution in [0.5, 0.6) is 0 Å². The van der Waals surface area contributed by atoms with E-state index in [4.69, 9.17) is 0 Å². The highest BCUT2D eigenvalue weighted by Crippen LogP contribution is 2.38. The van der Waals surface area contributed by atoms with Gasteiger partial charge in [-0.1, -0.05) is 11.3 Å². The number of aromatic nitrogens is 3. The second-order valence-corrected chi connectivity index (χ2v) is 11.3. The van der Waals surface area contributed by atoms with Gasteiger partial charge in [-0.3, -0.25) is 19.8 Å². The third-order valence-corrected chi connectivity index (χ3v) is 8.49. The number of aliphatic carboxylic acids is 1. The minimum Gasteiger partial charge on any atom is -0.481 e. The number of hydrogen-bond acceptors (Lipinski definition) is 8. The number of hydrogen-bond donors (Lipinski definition) is 2. The molecule has 2 aliphatic rings. The molecule has 2 aromatic heterocycles. The van der Waals surface area contributed by atoms with Crippen LogP contribution in [-0.4, -0.2) is 62.5 Å². The van der Waals surface area contributed by atoms with Crippen molar-refractivity contribution in [2.24, 2.45) is 5.92 Å². The Balaban J connectivity index is 1.36. The van der Waals surface area contributed by atoms with Gasteiger partial charge in [0.2, 0.25) is 0 Å². The predicted octanol–water partition coefficient (Wildman–Crippen LogP) is 5.30. The Morgan fingerprint density at radius 3 is 2.49 bits per heavy atom. The summed E-state index contributed by atoms with van der Waals surface area (Å²) < 4.78 is 54.2. The van der Waals surface area contributed by atoms with E-state index in [1.807, 2.05) is 4.90 Å². The molecule has 0 bridgehead atoms. The molecular weight excluding hydrogens is 564 g/mol. The van der Waals surface area contributed by atoms with Gasteiger partial charge in [0.25, 0.3) is 5.91 Å². The van der Waals surface area contributed by atoms with Crippen LogP contribution in [0.2, 0.25) is 0 Å². The monoisotopic (exact) mass is 592 g/mol. The number of carboxylic acid groups (broad SMARTS) is 1. The molecule has 218 valence electrons. The Hall–Kier alpha value is -3.65. The average Bonchev–Trinajstić information content (AvgIpc) is 3.53. The number of nitrogens with zero attached hydrogens (tertiary/aromatic N) is 5. The summed E-state index contributed by atoms with van der Waals surface area (Å²) >= 11 is 1.15. The first kappa shape index (κ1) is 28.9. The van der Waals surface area contributed by atoms with Gasteiger partial charge in [-0.25, -0.2) is 19.3 Å². The number of benzene rings is 1. The highest BCUT2D eigenvalue weighted by atomic mass is 32.1. The summed E-state index contributed by atoms with van der Waals surface area (Å²) in [5, 5.41) is 12.0. The molecule has 1 aromatic carbocycles. The van der Waals surface area contributed by atoms with Crippen molar-refractivity contribution in [3.05, 3.63) is 52.5 Å². The van der Waals surface area contributed by atoms with E-state index in [0.29, 0.717) is 43.2 Å². The van der Waals surface area contributed by atoms with E-state index in [9.17, 15) is 32.3 Å². The van der Waals surface area contributed by atoms with Crippen molar-refractivity contribution in [3.63, 3.8) is 0 Å². The Bertz CT molecular complexity index is 1420. The molecule has 0 radical (unpaired) electrons. The van der Waals surface area contributed by atoms with Crippen LogP contribution in [0.15, 0.2) is 30.6 Å². The summed E-state index contributed by atoms with van der Waals surface area (Å²) in [6.45, 7) is 4.35. The number of piperidine rings is 1. The maximum Gasteiger partial charge on any atom is 0.419 e. The average molecular weight is 593 g/mol. The molecule has 1 amide bonds. The molecule has 0 saturated carbocycles. The fraction of sp³-hybridized carbons (Fsp3) is 0.444. The van der Waals surface area contributed by atoms with Gasteiger partial charge in [-0.2, -0.15) is 13.2 Å². The zero-order chi connectivity index (χ0) is 29.3. The summed E-state index contributed by atoms with van der Waals surface area (Å²) in [7, 11) is 0. The molecule has 0 aliphatic carbocycles. The van der Waals surface area contributed by atoms with Crippen molar-refractivity contribution >= 4 is 34.2 Å². The number of carbonyl (C=O) groups is 2. The van der Waals surface area contributed by atoms with E-state index in [-0.39, 0.29) is 34.0 Å². The normalized spacial score (nSPS) is 18.6. The van der Waals surface area contributed by atoms with E-state index in [1.54, 1.807) is 0 Å². The number of nitrogens with one attached hydrogen (secondary N) is 1. The smallest absolute Gasteiger partial charge is 0.419 e. The third-order valence-electron chi connectivity index (χ3n) is 7.54. The van der Waals surface area contributed by atoms with Crippen LogP contribution in [-0.2, 0) is 17.5 Å². The number of anilines is 2. The second-order valence-electron chi connectivity index (χ2n) is 10.3. The summed E-state index contributed by atoms with van der Waals surface area (Å²) in [5.74, 6) is -2.63. The first-order chi connectivity index (χ1) is 19.5. The number of rotatable bonds is 7. The molecule has 2 N–H and O–H groups in total. The highest BCUT2D eigenvalue weighted by Gasteiger charge is 2.35. The molecule has 3 aromatic rings. The van der Waals surface area contributed by atoms with Gasteiger partial charge >= 0.3 is 12.1 Å². The number of amides is 1. The molecule has 2 fully saturated rings. The topological polar surface area (TPSA) is 112 Å². The van der Waals surface area contributed by atoms with Crippen molar-refractivity contribution in [1.82, 2.24) is 19.9 Å². The van der Waals surface area contributed by atoms with Gasteiger partial charge in [0.1, 0.15) is 17.3 Å². The Kier molecular flexibility index (Phi) is 8.23. The lowest BCUT2D eigenvalue weighted by atomic mass is 9.97. The van der Waals surface area contributed by atoms with Gasteiger partial charge in [0, 0.05) is 36.1 Å². The van der Waals surface area contributed by atoms with Crippen LogP contribution in [0.1, 0.15) is 53.5 Å². The zero-order valence-corrected chi connectivity index (χ0v) is 22.9. The Morgan fingerprint density at radius 2 is 1.88 bits per heavy atom. The van der Waals surface area contributed by atoms with Gasteiger partial charge in [-0.05, 0) is 57.4 Å². The molecule has 2 saturated heterocycles. The molecule has 1 atom stereocenters. The molecule has 41 heavy (non-hydrogen) atoms. The molecule has 2 aliphatic heterocycles. The van der Waals surface area contributed by atoms with Crippen molar-refractivity contribution in [3.8, 4) is 11.3 Å². The van der Waals surface area contributed by atoms with E-state index in [0.717, 1.165) is 42.9 Å². The second kappa shape index (κ2) is 11.7. The van der Waals surface area contributed by atoms with Crippen LogP contribution in [0, 0.1) is 11.7 Å². The minimum atomic E-state index is -4.87. The van der Waals surface area contributed by atoms with E-state index >= 15 is 0 Å². The highest BCUT2D eigenvalue weighted by molar-refractivity contribution is 7.16. The summed E-state index contributed by atoms with van der Waals surface area (Å²) in [5.41, 5.74) is -1.01. The molecular formula is C27H28F4N6O3S. The maximum atomic E-state index is 14.0. The van der Waals surface area contributed by atoms with Crippen molar-refractivity contribution in [2.75, 3.05) is 29.9 Å². The van der Waals surface area contributed by atoms with Gasteiger partial charge < -0.3 is 10.0 Å². The van der Waals surface area contributed by atoms with Gasteiger partial charge in [-0.15, -0.1) is 0 Å². The number of carbonyl (C=O) groups excluding carboxylic acids is 1. The van der Waals surface area contributed by atoms with Crippen molar-refractivity contribution < 1.29 is 32.3 Å². The summed E-state index contributed by atoms with van der Waals surface area (Å²) in [4.78, 5) is 41.9. The standard InChI is InChI=1S/C27H28F4N6O3S/c1-15-3-2-8-37(15)14-21-23(17-4-5-19(28)18(11-17)27(29,30)31)34-26(41-21)35-24(38)20-12-33-22(13-32-20)36-9-6-16(7-10-36)25(39)40/h4-5,11-13,15-16H,2-3,6-10,14H2,1H3,(H,39,40)(H,34,35,38). The van der Waals surface area contributed by atoms with Gasteiger partial charge in [0.15, 0.2) is 5.13 Å². The molecule has 5 rings (SSSR count). The van der Waals surface area contributed by atoms with Crippen molar-refractivity contribution in [1.29, 1.82) is 0 Å². The van der Waals surface area contributed by atoms with E-state index in [1.165, 1.54) is 18.5 Å². The number of thiazole rings is 1. The largest absolute Gasteiger partial charge is 0.481 e. The zero-order valence-electron chi connectivity index (χ0n) is 22.1. The number of halogens is 4. The minimum absolute atomic E-state index is 0.0155. The fourth-order valence-corrected chi connectivity index (χ4v) is 6.16. The molecule has 1 unspecified atom stereocenters. The lowest BCUT2D eigenvalue weighted by molar-refractivity contribution is -0.142. The van der Waals surface area contributed by atoms with Crippen LogP contribution in [0.3, 0.4) is 0 Å². The first-order valence-electron chi connectivity index (χ1n) is 13.2. The summed E-state index contributed by atoms with van der Waals surface area (Å²) in [6.07, 6.45) is 0.864. The Labute approximate surface area is 237 Å². The summed E-state index contributed by atoms with van der Waals surface area (Å²) in [6, 6.07) is 3.06. The number of carboxylic acids is 1. The quantitative estimate of drug-likeness (QED) is 0.356. The van der Waals surface area contributed by atoms with Crippen LogP contribution in [0.25, 0.3) is 11.3 Å². The fourth-order valence-electron chi connectivity index (χ4n) is 5.16. The molecule has 0 spiro atoms. The number of likely N-dealkylation sites (tertiary alicyclic amines) is 1. The molecule has 4 heterocycles.